The number of hydrogen-bond donors (Lipinski definition) is 0. The van der Waals surface area contributed by atoms with Crippen LogP contribution in [0.15, 0.2) is 72.8 Å². The lowest BCUT2D eigenvalue weighted by Crippen LogP contribution is -2.35. The van der Waals surface area contributed by atoms with Gasteiger partial charge in [-0.15, -0.1) is 0 Å². The summed E-state index contributed by atoms with van der Waals surface area (Å²) in [6.07, 6.45) is 3.29. The van der Waals surface area contributed by atoms with Crippen LogP contribution in [-0.2, 0) is 16.0 Å². The topological polar surface area (TPSA) is 37.4 Å². The predicted molar refractivity (Wildman–Crippen MR) is 80.3 cm³/mol. The fraction of sp³-hybridized carbons (Fsp3) is 0.111. The minimum absolute atomic E-state index is 0.246. The second-order valence-corrected chi connectivity index (χ2v) is 5.00. The van der Waals surface area contributed by atoms with Crippen LogP contribution in [0.4, 0.5) is 0 Å². The van der Waals surface area contributed by atoms with E-state index in [1.54, 1.807) is 0 Å². The molecule has 3 nitrogen and oxygen atoms in total. The SMILES string of the molecule is O=C1C=CC(=O)N1[C@H](Cc1ccccc1)c1ccccc1. The van der Waals surface area contributed by atoms with Crippen LogP contribution in [0.5, 0.6) is 0 Å². The van der Waals surface area contributed by atoms with E-state index in [9.17, 15) is 9.59 Å². The first-order valence-electron chi connectivity index (χ1n) is 6.90. The molecule has 2 aromatic carbocycles. The van der Waals surface area contributed by atoms with Gasteiger partial charge >= 0.3 is 0 Å². The van der Waals surface area contributed by atoms with Crippen molar-refractivity contribution in [2.45, 2.75) is 12.5 Å². The van der Waals surface area contributed by atoms with Crippen molar-refractivity contribution in [1.82, 2.24) is 4.90 Å². The molecule has 0 unspecified atom stereocenters. The smallest absolute Gasteiger partial charge is 0.254 e. The Balaban J connectivity index is 1.96. The number of nitrogens with zero attached hydrogens (tertiary/aromatic N) is 1. The van der Waals surface area contributed by atoms with Crippen molar-refractivity contribution in [3.8, 4) is 0 Å². The van der Waals surface area contributed by atoms with E-state index in [1.165, 1.54) is 17.1 Å². The van der Waals surface area contributed by atoms with E-state index < -0.39 is 0 Å². The zero-order chi connectivity index (χ0) is 14.7. The summed E-state index contributed by atoms with van der Waals surface area (Å²) in [5.41, 5.74) is 2.06. The zero-order valence-corrected chi connectivity index (χ0v) is 11.5. The van der Waals surface area contributed by atoms with Crippen LogP contribution in [0.25, 0.3) is 0 Å². The molecule has 1 aliphatic heterocycles. The normalized spacial score (nSPS) is 15.5. The molecule has 0 aromatic heterocycles. The van der Waals surface area contributed by atoms with Gasteiger partial charge in [0.1, 0.15) is 0 Å². The highest BCUT2D eigenvalue weighted by Crippen LogP contribution is 2.27. The summed E-state index contributed by atoms with van der Waals surface area (Å²) in [6.45, 7) is 0. The Hall–Kier alpha value is -2.68. The minimum atomic E-state index is -0.274. The van der Waals surface area contributed by atoms with Crippen LogP contribution < -0.4 is 0 Å². The first kappa shape index (κ1) is 13.3. The Bertz CT molecular complexity index is 659. The summed E-state index contributed by atoms with van der Waals surface area (Å²) in [5.74, 6) is -0.491. The molecule has 3 heteroatoms. The van der Waals surface area contributed by atoms with Gasteiger partial charge in [0.05, 0.1) is 6.04 Å². The summed E-state index contributed by atoms with van der Waals surface area (Å²) >= 11 is 0. The van der Waals surface area contributed by atoms with Crippen molar-refractivity contribution in [3.05, 3.63) is 83.9 Å². The number of imide groups is 1. The van der Waals surface area contributed by atoms with E-state index in [1.807, 2.05) is 60.7 Å². The average Bonchev–Trinajstić information content (AvgIpc) is 2.86. The van der Waals surface area contributed by atoms with Gasteiger partial charge in [-0.05, 0) is 17.5 Å². The highest BCUT2D eigenvalue weighted by molar-refractivity contribution is 6.13. The Kier molecular flexibility index (Phi) is 3.65. The number of rotatable bonds is 4. The lowest BCUT2D eigenvalue weighted by atomic mass is 9.97. The van der Waals surface area contributed by atoms with Crippen molar-refractivity contribution < 1.29 is 9.59 Å². The maximum absolute atomic E-state index is 12.0. The average molecular weight is 277 g/mol. The monoisotopic (exact) mass is 277 g/mol. The quantitative estimate of drug-likeness (QED) is 0.806. The lowest BCUT2D eigenvalue weighted by molar-refractivity contribution is -0.139. The predicted octanol–water partition coefficient (Wildman–Crippen LogP) is 2.90. The summed E-state index contributed by atoms with van der Waals surface area (Å²) in [7, 11) is 0. The molecule has 0 aliphatic carbocycles. The van der Waals surface area contributed by atoms with Crippen LogP contribution in [0, 0.1) is 0 Å². The maximum Gasteiger partial charge on any atom is 0.254 e. The Labute approximate surface area is 123 Å². The molecule has 0 N–H and O–H groups in total. The second kappa shape index (κ2) is 5.75. The summed E-state index contributed by atoms with van der Waals surface area (Å²) in [6, 6.07) is 19.3. The molecule has 2 amide bonds. The Morgan fingerprint density at radius 1 is 0.762 bits per heavy atom. The molecule has 0 fully saturated rings. The first-order valence-corrected chi connectivity index (χ1v) is 6.90. The van der Waals surface area contributed by atoms with Gasteiger partial charge in [-0.1, -0.05) is 60.7 Å². The number of carbonyl (C=O) groups excluding carboxylic acids is 2. The van der Waals surface area contributed by atoms with E-state index >= 15 is 0 Å². The van der Waals surface area contributed by atoms with Gasteiger partial charge in [0.2, 0.25) is 0 Å². The highest BCUT2D eigenvalue weighted by atomic mass is 16.2. The van der Waals surface area contributed by atoms with E-state index in [2.05, 4.69) is 0 Å². The van der Waals surface area contributed by atoms with Crippen molar-refractivity contribution >= 4 is 11.8 Å². The largest absolute Gasteiger partial charge is 0.269 e. The van der Waals surface area contributed by atoms with Gasteiger partial charge in [0.25, 0.3) is 11.8 Å². The van der Waals surface area contributed by atoms with Gasteiger partial charge < -0.3 is 0 Å². The van der Waals surface area contributed by atoms with Crippen LogP contribution in [-0.4, -0.2) is 16.7 Å². The van der Waals surface area contributed by atoms with Gasteiger partial charge in [-0.2, -0.15) is 0 Å². The van der Waals surface area contributed by atoms with Gasteiger partial charge in [-0.3, -0.25) is 14.5 Å². The third-order valence-electron chi connectivity index (χ3n) is 3.61. The van der Waals surface area contributed by atoms with E-state index in [0.29, 0.717) is 6.42 Å². The number of carbonyl (C=O) groups is 2. The molecule has 104 valence electrons. The van der Waals surface area contributed by atoms with Gasteiger partial charge in [0, 0.05) is 12.2 Å². The lowest BCUT2D eigenvalue weighted by Gasteiger charge is -2.26. The Morgan fingerprint density at radius 3 is 1.86 bits per heavy atom. The molecule has 2 aromatic rings. The fourth-order valence-electron chi connectivity index (χ4n) is 2.59. The van der Waals surface area contributed by atoms with Gasteiger partial charge in [-0.25, -0.2) is 0 Å². The number of hydrogen-bond acceptors (Lipinski definition) is 2. The molecular formula is C18H15NO2. The van der Waals surface area contributed by atoms with Crippen LogP contribution in [0.2, 0.25) is 0 Å². The number of amides is 2. The molecule has 0 spiro atoms. The third-order valence-corrected chi connectivity index (χ3v) is 3.61. The minimum Gasteiger partial charge on any atom is -0.269 e. The number of benzene rings is 2. The standard InChI is InChI=1S/C18H15NO2/c20-17-11-12-18(21)19(17)16(15-9-5-2-6-10-15)13-14-7-3-1-4-8-14/h1-12,16H,13H2/t16-/m1/s1. The molecule has 1 aliphatic rings. The van der Waals surface area contributed by atoms with Crippen LogP contribution in [0.1, 0.15) is 17.2 Å². The van der Waals surface area contributed by atoms with Crippen molar-refractivity contribution in [2.24, 2.45) is 0 Å². The summed E-state index contributed by atoms with van der Waals surface area (Å²) in [4.78, 5) is 25.4. The fourth-order valence-corrected chi connectivity index (χ4v) is 2.59. The Morgan fingerprint density at radius 2 is 1.29 bits per heavy atom. The first-order chi connectivity index (χ1) is 10.3. The molecule has 0 radical (unpaired) electrons. The second-order valence-electron chi connectivity index (χ2n) is 5.00. The molecule has 3 rings (SSSR count). The molecule has 21 heavy (non-hydrogen) atoms. The van der Waals surface area contributed by atoms with E-state index in [0.717, 1.165) is 11.1 Å². The van der Waals surface area contributed by atoms with Crippen LogP contribution >= 0.6 is 0 Å². The van der Waals surface area contributed by atoms with Crippen molar-refractivity contribution in [3.63, 3.8) is 0 Å². The maximum atomic E-state index is 12.0. The van der Waals surface area contributed by atoms with E-state index in [4.69, 9.17) is 0 Å². The molecule has 1 atom stereocenters. The molecule has 1 heterocycles. The molecule has 0 saturated heterocycles. The van der Waals surface area contributed by atoms with Crippen molar-refractivity contribution in [2.75, 3.05) is 0 Å². The molecular weight excluding hydrogens is 262 g/mol. The summed E-state index contributed by atoms with van der Waals surface area (Å²) in [5, 5.41) is 0. The van der Waals surface area contributed by atoms with Crippen molar-refractivity contribution in [1.29, 1.82) is 0 Å². The van der Waals surface area contributed by atoms with E-state index in [-0.39, 0.29) is 17.9 Å². The van der Waals surface area contributed by atoms with Crippen LogP contribution in [0.3, 0.4) is 0 Å². The highest BCUT2D eigenvalue weighted by Gasteiger charge is 2.32. The third kappa shape index (κ3) is 2.77. The van der Waals surface area contributed by atoms with Gasteiger partial charge in [0.15, 0.2) is 0 Å². The summed E-state index contributed by atoms with van der Waals surface area (Å²) < 4.78 is 0. The molecule has 0 saturated carbocycles. The zero-order valence-electron chi connectivity index (χ0n) is 11.5. The molecule has 0 bridgehead atoms.